The number of hydrogen-bond acceptors (Lipinski definition) is 10. The first-order chi connectivity index (χ1) is 31.4. The minimum absolute atomic E-state index is 0.0617. The third kappa shape index (κ3) is 13.5. The summed E-state index contributed by atoms with van der Waals surface area (Å²) in [7, 11) is 2.07. The van der Waals surface area contributed by atoms with Gasteiger partial charge >= 0.3 is 0 Å². The molecule has 2 aliphatic heterocycles. The molecule has 7 rings (SSSR count). The summed E-state index contributed by atoms with van der Waals surface area (Å²) in [5.41, 5.74) is 6.91. The van der Waals surface area contributed by atoms with Crippen LogP contribution in [0.15, 0.2) is 110 Å². The number of likely N-dealkylation sites (N-methyl/N-ethyl adjacent to an activating group) is 1. The number of fused-ring (bicyclic) bond motifs is 1. The second-order valence-electron chi connectivity index (χ2n) is 17.9. The summed E-state index contributed by atoms with van der Waals surface area (Å²) >= 11 is 0. The predicted molar refractivity (Wildman–Crippen MR) is 251 cm³/mol. The van der Waals surface area contributed by atoms with Crippen molar-refractivity contribution in [3.05, 3.63) is 144 Å². The van der Waals surface area contributed by atoms with Crippen LogP contribution >= 0.6 is 0 Å². The van der Waals surface area contributed by atoms with Crippen LogP contribution in [0.2, 0.25) is 0 Å². The Morgan fingerprint density at radius 3 is 2.38 bits per heavy atom. The van der Waals surface area contributed by atoms with Gasteiger partial charge in [-0.1, -0.05) is 50.2 Å². The summed E-state index contributed by atoms with van der Waals surface area (Å²) in [6.07, 6.45) is 6.28. The Morgan fingerprint density at radius 1 is 0.892 bits per heavy atom. The molecule has 12 nitrogen and oxygen atoms in total. The molecule has 3 atom stereocenters. The van der Waals surface area contributed by atoms with Crippen LogP contribution in [-0.2, 0) is 37.3 Å². The van der Waals surface area contributed by atoms with Gasteiger partial charge in [-0.15, -0.1) is 0 Å². The van der Waals surface area contributed by atoms with Gasteiger partial charge in [-0.2, -0.15) is 0 Å². The van der Waals surface area contributed by atoms with Crippen molar-refractivity contribution in [1.82, 2.24) is 30.4 Å². The SMILES string of the molecule is C[C@@H]1CN(CC(=O)N2CC(C)(C)c3ncc(Cc4ccc(F)cc4)cc32)[C@@H](CN(C)CCOCCOCCN[C@H](Cc2cccc(F)c2)C(=O)Nc2ccc(-c3ccncc3)cc2)CN1. The number of ether oxygens (including phenoxy) is 2. The number of nitrogens with one attached hydrogen (secondary N) is 3. The number of benzene rings is 3. The minimum Gasteiger partial charge on any atom is -0.378 e. The second-order valence-corrected chi connectivity index (χ2v) is 17.9. The van der Waals surface area contributed by atoms with Gasteiger partial charge < -0.3 is 35.2 Å². The molecule has 2 aliphatic rings. The molecule has 14 heteroatoms. The number of pyridine rings is 2. The summed E-state index contributed by atoms with van der Waals surface area (Å²) in [5.74, 6) is -0.772. The molecule has 4 heterocycles. The van der Waals surface area contributed by atoms with Crippen LogP contribution < -0.4 is 20.9 Å². The van der Waals surface area contributed by atoms with Gasteiger partial charge in [-0.3, -0.25) is 24.5 Å². The molecule has 2 amide bonds. The van der Waals surface area contributed by atoms with Crippen molar-refractivity contribution in [1.29, 1.82) is 0 Å². The van der Waals surface area contributed by atoms with E-state index in [1.165, 1.54) is 24.3 Å². The van der Waals surface area contributed by atoms with Crippen LogP contribution in [0.3, 0.4) is 0 Å². The van der Waals surface area contributed by atoms with Gasteiger partial charge in [0.05, 0.1) is 50.4 Å². The fraction of sp³-hybridized carbons (Fsp3) is 0.412. The maximum absolute atomic E-state index is 14.1. The lowest BCUT2D eigenvalue weighted by atomic mass is 9.91. The van der Waals surface area contributed by atoms with E-state index in [0.717, 1.165) is 59.8 Å². The van der Waals surface area contributed by atoms with Crippen LogP contribution in [0.4, 0.5) is 20.2 Å². The highest BCUT2D eigenvalue weighted by Crippen LogP contribution is 2.40. The number of carbonyl (C=O) groups is 2. The van der Waals surface area contributed by atoms with E-state index in [-0.39, 0.29) is 40.9 Å². The molecule has 2 aromatic heterocycles. The van der Waals surface area contributed by atoms with Crippen molar-refractivity contribution in [3.63, 3.8) is 0 Å². The van der Waals surface area contributed by atoms with E-state index in [9.17, 15) is 18.4 Å². The molecular formula is C51H62F2N8O4. The number of amides is 2. The number of hydrogen-bond donors (Lipinski definition) is 3. The van der Waals surface area contributed by atoms with E-state index in [4.69, 9.17) is 14.5 Å². The summed E-state index contributed by atoms with van der Waals surface area (Å²) in [5, 5.41) is 9.89. The molecule has 5 aromatic rings. The molecule has 65 heavy (non-hydrogen) atoms. The molecule has 0 radical (unpaired) electrons. The van der Waals surface area contributed by atoms with E-state index in [0.29, 0.717) is 70.2 Å². The number of carbonyl (C=O) groups excluding carboxylic acids is 2. The zero-order valence-corrected chi connectivity index (χ0v) is 37.9. The van der Waals surface area contributed by atoms with Crippen molar-refractivity contribution in [3.8, 4) is 11.1 Å². The quantitative estimate of drug-likeness (QED) is 0.0746. The van der Waals surface area contributed by atoms with E-state index in [1.54, 1.807) is 30.6 Å². The van der Waals surface area contributed by atoms with Crippen LogP contribution in [0, 0.1) is 11.6 Å². The topological polar surface area (TPSA) is 124 Å². The number of halogens is 2. The Kier molecular flexibility index (Phi) is 16.5. The highest BCUT2D eigenvalue weighted by molar-refractivity contribution is 5.97. The number of anilines is 2. The Hall–Kier alpha value is -5.48. The van der Waals surface area contributed by atoms with Crippen molar-refractivity contribution in [2.24, 2.45) is 0 Å². The lowest BCUT2D eigenvalue weighted by Gasteiger charge is -2.41. The molecule has 3 N–H and O–H groups in total. The molecule has 1 saturated heterocycles. The van der Waals surface area contributed by atoms with Gasteiger partial charge in [-0.25, -0.2) is 8.78 Å². The van der Waals surface area contributed by atoms with Gasteiger partial charge in [-0.05, 0) is 109 Å². The zero-order valence-electron chi connectivity index (χ0n) is 37.9. The summed E-state index contributed by atoms with van der Waals surface area (Å²) < 4.78 is 39.3. The molecule has 1 fully saturated rings. The van der Waals surface area contributed by atoms with Gasteiger partial charge in [0, 0.05) is 81.0 Å². The van der Waals surface area contributed by atoms with Crippen molar-refractivity contribution >= 4 is 23.2 Å². The molecule has 0 bridgehead atoms. The molecule has 3 aromatic carbocycles. The molecule has 0 unspecified atom stereocenters. The van der Waals surface area contributed by atoms with Crippen LogP contribution in [0.1, 0.15) is 43.2 Å². The van der Waals surface area contributed by atoms with E-state index in [2.05, 4.69) is 64.6 Å². The zero-order chi connectivity index (χ0) is 45.8. The molecule has 0 spiro atoms. The van der Waals surface area contributed by atoms with Crippen LogP contribution in [0.5, 0.6) is 0 Å². The smallest absolute Gasteiger partial charge is 0.241 e. The maximum Gasteiger partial charge on any atom is 0.241 e. The highest BCUT2D eigenvalue weighted by atomic mass is 19.1. The lowest BCUT2D eigenvalue weighted by molar-refractivity contribution is -0.121. The third-order valence-corrected chi connectivity index (χ3v) is 12.1. The number of rotatable bonds is 21. The average Bonchev–Trinajstić information content (AvgIpc) is 3.57. The van der Waals surface area contributed by atoms with Crippen molar-refractivity contribution in [2.75, 3.05) is 89.5 Å². The van der Waals surface area contributed by atoms with E-state index in [1.807, 2.05) is 53.6 Å². The molecule has 344 valence electrons. The third-order valence-electron chi connectivity index (χ3n) is 12.1. The largest absolute Gasteiger partial charge is 0.378 e. The summed E-state index contributed by atoms with van der Waals surface area (Å²) in [4.78, 5) is 42.9. The lowest BCUT2D eigenvalue weighted by Crippen LogP contribution is -2.60. The number of nitrogens with zero attached hydrogens (tertiary/aromatic N) is 5. The molecular weight excluding hydrogens is 827 g/mol. The first-order valence-electron chi connectivity index (χ1n) is 22.5. The van der Waals surface area contributed by atoms with Gasteiger partial charge in [0.25, 0.3) is 0 Å². The second kappa shape index (κ2) is 22.6. The fourth-order valence-corrected chi connectivity index (χ4v) is 8.57. The molecule has 0 aliphatic carbocycles. The van der Waals surface area contributed by atoms with Crippen molar-refractivity contribution in [2.45, 2.75) is 57.2 Å². The Labute approximate surface area is 381 Å². The number of piperazine rings is 1. The summed E-state index contributed by atoms with van der Waals surface area (Å²) in [6.45, 7) is 12.4. The number of aromatic nitrogens is 2. The Bertz CT molecular complexity index is 2320. The van der Waals surface area contributed by atoms with E-state index < -0.39 is 6.04 Å². The predicted octanol–water partition coefficient (Wildman–Crippen LogP) is 6.10. The summed E-state index contributed by atoms with van der Waals surface area (Å²) in [6, 6.07) is 26.1. The first kappa shape index (κ1) is 47.5. The van der Waals surface area contributed by atoms with E-state index >= 15 is 0 Å². The highest BCUT2D eigenvalue weighted by Gasteiger charge is 2.41. The first-order valence-corrected chi connectivity index (χ1v) is 22.5. The normalized spacial score (nSPS) is 17.6. The Balaban J connectivity index is 0.827. The van der Waals surface area contributed by atoms with Gasteiger partial charge in [0.1, 0.15) is 11.6 Å². The monoisotopic (exact) mass is 888 g/mol. The fourth-order valence-electron chi connectivity index (χ4n) is 8.57. The molecule has 0 saturated carbocycles. The average molecular weight is 889 g/mol. The van der Waals surface area contributed by atoms with Crippen LogP contribution in [0.25, 0.3) is 11.1 Å². The Morgan fingerprint density at radius 2 is 1.63 bits per heavy atom. The van der Waals surface area contributed by atoms with Gasteiger partial charge in [0.2, 0.25) is 11.8 Å². The van der Waals surface area contributed by atoms with Crippen molar-refractivity contribution < 1.29 is 27.8 Å². The van der Waals surface area contributed by atoms with Crippen LogP contribution in [-0.4, -0.2) is 129 Å². The van der Waals surface area contributed by atoms with Gasteiger partial charge in [0.15, 0.2) is 0 Å². The maximum atomic E-state index is 14.1. The standard InChI is InChI=1S/C51H62F2N8O4/c1-36-32-60(34-48(62)61-35-51(2,3)49-47(61)29-39(30-57-49)26-37-8-12-42(52)13-9-37)45(31-56-36)33-59(4)21-23-65-25-24-64-22-20-55-46(28-38-6-5-7-43(53)27-38)50(63)58-44-14-10-40(11-15-44)41-16-18-54-19-17-41/h5-19,27,29-30,36,45-46,55-56H,20-26,28,31-35H2,1-4H3,(H,58,63)/t36-,45-,46-/m1/s1. The minimum atomic E-state index is -0.613.